The zero-order chi connectivity index (χ0) is 31.4. The molecule has 0 aliphatic carbocycles. The molecule has 0 aliphatic rings. The first-order valence-electron chi connectivity index (χ1n) is 14.5. The van der Waals surface area contributed by atoms with Crippen molar-refractivity contribution in [1.82, 2.24) is 9.97 Å². The highest BCUT2D eigenvalue weighted by atomic mass is 16.6. The summed E-state index contributed by atoms with van der Waals surface area (Å²) >= 11 is 0. The summed E-state index contributed by atoms with van der Waals surface area (Å²) < 4.78 is 0. The van der Waals surface area contributed by atoms with E-state index in [0.717, 1.165) is 73.1 Å². The van der Waals surface area contributed by atoms with E-state index in [1.807, 2.05) is 62.4 Å². The quantitative estimate of drug-likeness (QED) is 0.0790. The fourth-order valence-electron chi connectivity index (χ4n) is 5.63. The summed E-state index contributed by atoms with van der Waals surface area (Å²) in [5.74, 6) is -0.157. The maximum atomic E-state index is 11.4. The Bertz CT molecular complexity index is 1720. The second kappa shape index (κ2) is 12.9. The van der Waals surface area contributed by atoms with Crippen molar-refractivity contribution in [3.8, 4) is 0 Å². The molecule has 0 spiro atoms. The first-order valence-corrected chi connectivity index (χ1v) is 14.5. The van der Waals surface area contributed by atoms with Gasteiger partial charge in [-0.05, 0) is 105 Å². The van der Waals surface area contributed by atoms with Crippen LogP contribution >= 0.6 is 0 Å². The Morgan fingerprint density at radius 3 is 1.39 bits per heavy atom. The summed E-state index contributed by atoms with van der Waals surface area (Å²) in [6, 6.07) is 27.2. The van der Waals surface area contributed by atoms with E-state index in [1.54, 1.807) is 24.5 Å². The van der Waals surface area contributed by atoms with Gasteiger partial charge in [-0.15, -0.1) is 0 Å². The summed E-state index contributed by atoms with van der Waals surface area (Å²) in [4.78, 5) is 29.9. The highest BCUT2D eigenvalue weighted by Gasteiger charge is 2.22. The average molecular weight is 582 g/mol. The molecule has 0 fully saturated rings. The van der Waals surface area contributed by atoms with Crippen LogP contribution in [0.2, 0.25) is 0 Å². The van der Waals surface area contributed by atoms with E-state index in [4.69, 9.17) is 9.98 Å². The minimum absolute atomic E-state index is 0.0663. The molecule has 0 N–H and O–H groups in total. The van der Waals surface area contributed by atoms with Crippen LogP contribution in [0.25, 0.3) is 0 Å². The lowest BCUT2D eigenvalue weighted by molar-refractivity contribution is -0.384. The fraction of sp³-hybridized carbons (Fsp3) is 0.189. The number of pyridine rings is 2. The number of rotatable bonds is 8. The molecule has 0 aliphatic heterocycles. The first kappa shape index (κ1) is 30.2. The number of nitro benzene ring substituents is 1. The molecule has 0 bridgehead atoms. The molecule has 0 amide bonds. The molecule has 0 saturated heterocycles. The molecule has 7 heteroatoms. The second-order valence-corrected chi connectivity index (χ2v) is 11.1. The average Bonchev–Trinajstić information content (AvgIpc) is 3.02. The normalized spacial score (nSPS) is 12.7. The van der Waals surface area contributed by atoms with E-state index >= 15 is 0 Å². The molecule has 3 aromatic carbocycles. The van der Waals surface area contributed by atoms with Crippen LogP contribution in [-0.4, -0.2) is 26.3 Å². The molecule has 0 atom stereocenters. The Labute approximate surface area is 258 Å². The van der Waals surface area contributed by atoms with Crippen molar-refractivity contribution in [2.45, 2.75) is 47.5 Å². The Hall–Kier alpha value is -5.30. The van der Waals surface area contributed by atoms with Gasteiger partial charge in [0.25, 0.3) is 5.69 Å². The number of benzene rings is 3. The molecule has 0 unspecified atom stereocenters. The number of aliphatic imine (C=N–C) groups is 2. The van der Waals surface area contributed by atoms with Gasteiger partial charge in [0, 0.05) is 30.4 Å². The number of nitrogens with zero attached hydrogens (tertiary/aromatic N) is 5. The van der Waals surface area contributed by atoms with E-state index in [9.17, 15) is 10.1 Å². The van der Waals surface area contributed by atoms with Crippen molar-refractivity contribution >= 4 is 28.5 Å². The van der Waals surface area contributed by atoms with Gasteiger partial charge in [-0.3, -0.25) is 30.1 Å². The molecule has 44 heavy (non-hydrogen) atoms. The highest BCUT2D eigenvalue weighted by molar-refractivity contribution is 5.99. The van der Waals surface area contributed by atoms with Gasteiger partial charge in [0.15, 0.2) is 0 Å². The van der Waals surface area contributed by atoms with Crippen LogP contribution in [0.5, 0.6) is 0 Å². The zero-order valence-electron chi connectivity index (χ0n) is 25.9. The molecule has 220 valence electrons. The van der Waals surface area contributed by atoms with E-state index in [0.29, 0.717) is 0 Å². The van der Waals surface area contributed by atoms with Crippen molar-refractivity contribution < 1.29 is 4.92 Å². The Morgan fingerprint density at radius 2 is 1.05 bits per heavy atom. The molecule has 2 aromatic heterocycles. The first-order chi connectivity index (χ1) is 21.1. The lowest BCUT2D eigenvalue weighted by Gasteiger charge is -2.23. The zero-order valence-corrected chi connectivity index (χ0v) is 25.9. The minimum atomic E-state index is -0.366. The monoisotopic (exact) mass is 581 g/mol. The third-order valence-corrected chi connectivity index (χ3v) is 7.76. The van der Waals surface area contributed by atoms with Crippen LogP contribution in [0.1, 0.15) is 70.1 Å². The Morgan fingerprint density at radius 1 is 0.636 bits per heavy atom. The molecular formula is C37H35N5O2. The SMILES string of the molecule is CC(=Nc1c(C)cc(C(c2ccc([N+](=O)[O-])cc2)c2cc(C)c(N=C(C)c3ccccn3)c(C)c2)cc1C)c1ccccn1. The second-order valence-electron chi connectivity index (χ2n) is 11.1. The Kier molecular flexibility index (Phi) is 8.86. The largest absolute Gasteiger partial charge is 0.269 e. The van der Waals surface area contributed by atoms with Gasteiger partial charge in [0.1, 0.15) is 0 Å². The van der Waals surface area contributed by atoms with Crippen LogP contribution in [0.15, 0.2) is 107 Å². The molecule has 5 aromatic rings. The highest BCUT2D eigenvalue weighted by Crippen LogP contribution is 2.39. The van der Waals surface area contributed by atoms with Crippen LogP contribution in [0.4, 0.5) is 17.1 Å². The fourth-order valence-corrected chi connectivity index (χ4v) is 5.63. The third-order valence-electron chi connectivity index (χ3n) is 7.76. The maximum absolute atomic E-state index is 11.4. The van der Waals surface area contributed by atoms with Gasteiger partial charge in [0.05, 0.1) is 39.1 Å². The Balaban J connectivity index is 1.62. The molecule has 7 nitrogen and oxygen atoms in total. The number of nitro groups is 1. The van der Waals surface area contributed by atoms with E-state index in [2.05, 4.69) is 61.9 Å². The van der Waals surface area contributed by atoms with Gasteiger partial charge in [-0.1, -0.05) is 48.5 Å². The van der Waals surface area contributed by atoms with Crippen molar-refractivity contribution in [2.24, 2.45) is 9.98 Å². The number of non-ortho nitro benzene ring substituents is 1. The third kappa shape index (κ3) is 6.52. The van der Waals surface area contributed by atoms with Crippen LogP contribution < -0.4 is 0 Å². The molecular weight excluding hydrogens is 546 g/mol. The van der Waals surface area contributed by atoms with Crippen LogP contribution in [-0.2, 0) is 0 Å². The lowest BCUT2D eigenvalue weighted by atomic mass is 9.82. The van der Waals surface area contributed by atoms with E-state index in [1.165, 1.54) is 0 Å². The smallest absolute Gasteiger partial charge is 0.258 e. The molecule has 5 rings (SSSR count). The number of aromatic nitrogens is 2. The van der Waals surface area contributed by atoms with Gasteiger partial charge < -0.3 is 0 Å². The molecule has 0 radical (unpaired) electrons. The number of aryl methyl sites for hydroxylation is 4. The summed E-state index contributed by atoms with van der Waals surface area (Å²) in [5, 5.41) is 11.4. The summed E-state index contributed by atoms with van der Waals surface area (Å²) in [5.41, 5.74) is 12.6. The molecule has 0 saturated carbocycles. The van der Waals surface area contributed by atoms with Gasteiger partial charge in [0.2, 0.25) is 0 Å². The lowest BCUT2D eigenvalue weighted by Crippen LogP contribution is -2.06. The summed E-state index contributed by atoms with van der Waals surface area (Å²) in [6.07, 6.45) is 3.54. The van der Waals surface area contributed by atoms with Crippen molar-refractivity contribution in [3.63, 3.8) is 0 Å². The van der Waals surface area contributed by atoms with Crippen molar-refractivity contribution in [1.29, 1.82) is 0 Å². The van der Waals surface area contributed by atoms with Gasteiger partial charge >= 0.3 is 0 Å². The van der Waals surface area contributed by atoms with Crippen molar-refractivity contribution in [2.75, 3.05) is 0 Å². The van der Waals surface area contributed by atoms with E-state index in [-0.39, 0.29) is 16.5 Å². The topological polar surface area (TPSA) is 93.6 Å². The summed E-state index contributed by atoms with van der Waals surface area (Å²) in [7, 11) is 0. The standard InChI is InChI=1S/C37H35N5O2/c1-23-19-30(20-24(2)36(23)40-27(5)33-11-7-9-17-38-33)35(29-13-15-32(16-14-29)42(43)44)31-21-25(3)37(26(4)22-31)41-28(6)34-12-8-10-18-39-34/h7-22,35H,1-6H3. The minimum Gasteiger partial charge on any atom is -0.258 e. The van der Waals surface area contributed by atoms with Gasteiger partial charge in [-0.25, -0.2) is 0 Å². The van der Waals surface area contributed by atoms with Gasteiger partial charge in [-0.2, -0.15) is 0 Å². The maximum Gasteiger partial charge on any atom is 0.269 e. The van der Waals surface area contributed by atoms with Crippen molar-refractivity contribution in [3.05, 3.63) is 158 Å². The number of hydrogen-bond donors (Lipinski definition) is 0. The van der Waals surface area contributed by atoms with E-state index < -0.39 is 0 Å². The molecule has 2 heterocycles. The number of hydrogen-bond acceptors (Lipinski definition) is 6. The predicted molar refractivity (Wildman–Crippen MR) is 178 cm³/mol. The van der Waals surface area contributed by atoms with Crippen LogP contribution in [0.3, 0.4) is 0 Å². The van der Waals surface area contributed by atoms with Crippen LogP contribution in [0, 0.1) is 37.8 Å². The predicted octanol–water partition coefficient (Wildman–Crippen LogP) is 9.08. The summed E-state index contributed by atoms with van der Waals surface area (Å²) in [6.45, 7) is 12.2.